The molecule has 1 aliphatic carbocycles. The Hall–Kier alpha value is -2.14. The SMILES string of the molecule is O=C(O)c1cccc(N2C(=O)[C@@H]3CC=C(Cl)C[C@H]3C2=O)c1. The van der Waals surface area contributed by atoms with Crippen LogP contribution in [0.25, 0.3) is 0 Å². The second-order valence-electron chi connectivity index (χ2n) is 5.17. The smallest absolute Gasteiger partial charge is 0.335 e. The first kappa shape index (κ1) is 13.8. The number of fused-ring (bicyclic) bond motifs is 1. The van der Waals surface area contributed by atoms with E-state index in [-0.39, 0.29) is 17.4 Å². The third-order valence-corrected chi connectivity index (χ3v) is 4.23. The molecule has 1 saturated heterocycles. The largest absolute Gasteiger partial charge is 0.478 e. The molecule has 6 heteroatoms. The third kappa shape index (κ3) is 2.23. The molecule has 2 atom stereocenters. The summed E-state index contributed by atoms with van der Waals surface area (Å²) in [4.78, 5) is 37.0. The van der Waals surface area contributed by atoms with Crippen molar-refractivity contribution in [2.75, 3.05) is 4.90 Å². The lowest BCUT2D eigenvalue weighted by Crippen LogP contribution is -2.31. The lowest BCUT2D eigenvalue weighted by atomic mass is 9.85. The molecule has 2 aliphatic rings. The van der Waals surface area contributed by atoms with E-state index in [4.69, 9.17) is 16.7 Å². The number of aromatic carboxylic acids is 1. The van der Waals surface area contributed by atoms with Crippen molar-refractivity contribution in [1.29, 1.82) is 0 Å². The van der Waals surface area contributed by atoms with E-state index in [0.29, 0.717) is 23.6 Å². The van der Waals surface area contributed by atoms with Crippen molar-refractivity contribution >= 4 is 35.1 Å². The van der Waals surface area contributed by atoms with E-state index in [9.17, 15) is 14.4 Å². The van der Waals surface area contributed by atoms with E-state index in [0.717, 1.165) is 4.90 Å². The minimum absolute atomic E-state index is 0.0409. The van der Waals surface area contributed by atoms with Gasteiger partial charge in [-0.2, -0.15) is 0 Å². The van der Waals surface area contributed by atoms with Crippen LogP contribution in [0.4, 0.5) is 5.69 Å². The maximum Gasteiger partial charge on any atom is 0.335 e. The molecule has 108 valence electrons. The molecule has 21 heavy (non-hydrogen) atoms. The molecular weight excluding hydrogens is 294 g/mol. The van der Waals surface area contributed by atoms with Gasteiger partial charge in [0.2, 0.25) is 11.8 Å². The van der Waals surface area contributed by atoms with Crippen molar-refractivity contribution in [3.63, 3.8) is 0 Å². The van der Waals surface area contributed by atoms with Crippen molar-refractivity contribution in [2.24, 2.45) is 11.8 Å². The van der Waals surface area contributed by atoms with Crippen LogP contribution in [0.1, 0.15) is 23.2 Å². The van der Waals surface area contributed by atoms with Gasteiger partial charge in [-0.3, -0.25) is 14.5 Å². The molecule has 5 nitrogen and oxygen atoms in total. The van der Waals surface area contributed by atoms with Gasteiger partial charge in [0.25, 0.3) is 0 Å². The first-order chi connectivity index (χ1) is 9.99. The van der Waals surface area contributed by atoms with Crippen molar-refractivity contribution in [2.45, 2.75) is 12.8 Å². The number of nitrogens with zero attached hydrogens (tertiary/aromatic N) is 1. The molecular formula is C15H12ClNO4. The zero-order chi connectivity index (χ0) is 15.1. The topological polar surface area (TPSA) is 74.7 Å². The number of anilines is 1. The van der Waals surface area contributed by atoms with Crippen LogP contribution < -0.4 is 4.90 Å². The lowest BCUT2D eigenvalue weighted by molar-refractivity contribution is -0.122. The molecule has 1 N–H and O–H groups in total. The highest BCUT2D eigenvalue weighted by atomic mass is 35.5. The Kier molecular flexibility index (Phi) is 3.29. The second kappa shape index (κ2) is 5.00. The van der Waals surface area contributed by atoms with E-state index in [2.05, 4.69) is 0 Å². The second-order valence-corrected chi connectivity index (χ2v) is 5.66. The Morgan fingerprint density at radius 1 is 1.24 bits per heavy atom. The van der Waals surface area contributed by atoms with Crippen LogP contribution in [-0.2, 0) is 9.59 Å². The van der Waals surface area contributed by atoms with Crippen LogP contribution in [0.2, 0.25) is 0 Å². The standard InChI is InChI=1S/C15H12ClNO4/c16-9-4-5-11-12(7-9)14(19)17(13(11)18)10-3-1-2-8(6-10)15(20)21/h1-4,6,11-12H,5,7H2,(H,20,21)/t11-,12-/m1/s1. The van der Waals surface area contributed by atoms with Crippen LogP contribution in [0.5, 0.6) is 0 Å². The summed E-state index contributed by atoms with van der Waals surface area (Å²) in [6.45, 7) is 0. The zero-order valence-electron chi connectivity index (χ0n) is 11.0. The van der Waals surface area contributed by atoms with Gasteiger partial charge < -0.3 is 5.11 Å². The monoisotopic (exact) mass is 305 g/mol. The highest BCUT2D eigenvalue weighted by Crippen LogP contribution is 2.40. The van der Waals surface area contributed by atoms with Gasteiger partial charge in [-0.05, 0) is 31.0 Å². The van der Waals surface area contributed by atoms with E-state index in [1.807, 2.05) is 0 Å². The molecule has 0 radical (unpaired) electrons. The van der Waals surface area contributed by atoms with E-state index < -0.39 is 17.8 Å². The molecule has 2 amide bonds. The molecule has 0 saturated carbocycles. The van der Waals surface area contributed by atoms with Gasteiger partial charge in [-0.1, -0.05) is 23.7 Å². The van der Waals surface area contributed by atoms with E-state index in [1.165, 1.54) is 18.2 Å². The first-order valence-corrected chi connectivity index (χ1v) is 6.92. The van der Waals surface area contributed by atoms with Crippen LogP contribution >= 0.6 is 11.6 Å². The van der Waals surface area contributed by atoms with Crippen molar-refractivity contribution in [3.8, 4) is 0 Å². The average molecular weight is 306 g/mol. The summed E-state index contributed by atoms with van der Waals surface area (Å²) in [5.74, 6) is -2.53. The maximum absolute atomic E-state index is 12.4. The Balaban J connectivity index is 1.97. The fourth-order valence-corrected chi connectivity index (χ4v) is 3.12. The van der Waals surface area contributed by atoms with Crippen LogP contribution in [0.3, 0.4) is 0 Å². The number of hydrogen-bond donors (Lipinski definition) is 1. The summed E-state index contributed by atoms with van der Waals surface area (Å²) in [5, 5.41) is 9.61. The zero-order valence-corrected chi connectivity index (χ0v) is 11.7. The van der Waals surface area contributed by atoms with Gasteiger partial charge in [0.1, 0.15) is 0 Å². The number of allylic oxidation sites excluding steroid dienone is 2. The molecule has 0 bridgehead atoms. The van der Waals surface area contributed by atoms with Crippen LogP contribution in [0.15, 0.2) is 35.4 Å². The number of amides is 2. The van der Waals surface area contributed by atoms with Crippen molar-refractivity contribution in [3.05, 3.63) is 40.9 Å². The van der Waals surface area contributed by atoms with Gasteiger partial charge in [-0.25, -0.2) is 4.79 Å². The number of hydrogen-bond acceptors (Lipinski definition) is 3. The Labute approximate surface area is 125 Å². The Morgan fingerprint density at radius 3 is 2.67 bits per heavy atom. The predicted molar refractivity (Wildman–Crippen MR) is 76.0 cm³/mol. The van der Waals surface area contributed by atoms with Gasteiger partial charge in [0, 0.05) is 5.03 Å². The molecule has 1 aromatic carbocycles. The lowest BCUT2D eigenvalue weighted by Gasteiger charge is -2.17. The molecule has 3 rings (SSSR count). The third-order valence-electron chi connectivity index (χ3n) is 3.92. The molecule has 1 aliphatic heterocycles. The van der Waals surface area contributed by atoms with E-state index in [1.54, 1.807) is 12.1 Å². The number of carbonyl (C=O) groups excluding carboxylic acids is 2. The van der Waals surface area contributed by atoms with Crippen molar-refractivity contribution in [1.82, 2.24) is 0 Å². The highest BCUT2D eigenvalue weighted by molar-refractivity contribution is 6.30. The number of benzene rings is 1. The fourth-order valence-electron chi connectivity index (χ4n) is 2.86. The number of carboxylic acid groups (broad SMARTS) is 1. The maximum atomic E-state index is 12.4. The number of carbonyl (C=O) groups is 3. The summed E-state index contributed by atoms with van der Waals surface area (Å²) < 4.78 is 0. The molecule has 1 aromatic rings. The summed E-state index contributed by atoms with van der Waals surface area (Å²) in [5.41, 5.74) is 0.342. The molecule has 0 spiro atoms. The summed E-state index contributed by atoms with van der Waals surface area (Å²) in [6.07, 6.45) is 2.58. The summed E-state index contributed by atoms with van der Waals surface area (Å²) in [6, 6.07) is 5.84. The Morgan fingerprint density at radius 2 is 1.95 bits per heavy atom. The minimum atomic E-state index is -1.10. The van der Waals surface area contributed by atoms with Gasteiger partial charge in [0.15, 0.2) is 0 Å². The molecule has 0 unspecified atom stereocenters. The number of carboxylic acids is 1. The summed E-state index contributed by atoms with van der Waals surface area (Å²) >= 11 is 5.96. The van der Waals surface area contributed by atoms with E-state index >= 15 is 0 Å². The normalized spacial score (nSPS) is 24.8. The predicted octanol–water partition coefficient (Wildman–Crippen LogP) is 2.41. The minimum Gasteiger partial charge on any atom is -0.478 e. The quantitative estimate of drug-likeness (QED) is 0.851. The molecule has 1 fully saturated rings. The number of imide groups is 1. The summed E-state index contributed by atoms with van der Waals surface area (Å²) in [7, 11) is 0. The fraction of sp³-hybridized carbons (Fsp3) is 0.267. The van der Waals surface area contributed by atoms with Crippen LogP contribution in [-0.4, -0.2) is 22.9 Å². The van der Waals surface area contributed by atoms with Crippen molar-refractivity contribution < 1.29 is 19.5 Å². The highest BCUT2D eigenvalue weighted by Gasteiger charge is 2.49. The first-order valence-electron chi connectivity index (χ1n) is 6.54. The Bertz CT molecular complexity index is 682. The van der Waals surface area contributed by atoms with Gasteiger partial charge in [0.05, 0.1) is 23.1 Å². The van der Waals surface area contributed by atoms with Gasteiger partial charge in [-0.15, -0.1) is 0 Å². The average Bonchev–Trinajstić information content (AvgIpc) is 2.70. The number of rotatable bonds is 2. The van der Waals surface area contributed by atoms with Gasteiger partial charge >= 0.3 is 5.97 Å². The number of halogens is 1. The molecule has 0 aromatic heterocycles. The van der Waals surface area contributed by atoms with Crippen LogP contribution in [0, 0.1) is 11.8 Å². The molecule has 1 heterocycles.